The summed E-state index contributed by atoms with van der Waals surface area (Å²) in [6, 6.07) is 8.75. The molecular weight excluding hydrogens is 280 g/mol. The zero-order chi connectivity index (χ0) is 16.8. The fraction of sp³-hybridized carbons (Fsp3) is 0.524. The maximum absolute atomic E-state index is 6.29. The van der Waals surface area contributed by atoms with Crippen LogP contribution in [0.2, 0.25) is 0 Å². The van der Waals surface area contributed by atoms with Crippen LogP contribution in [0.15, 0.2) is 42.5 Å². The number of allylic oxidation sites excluding steroid dienone is 2. The van der Waals surface area contributed by atoms with Crippen LogP contribution >= 0.6 is 0 Å². The van der Waals surface area contributed by atoms with E-state index in [1.165, 1.54) is 16.7 Å². The van der Waals surface area contributed by atoms with Crippen LogP contribution in [0.5, 0.6) is 0 Å². The third-order valence-corrected chi connectivity index (χ3v) is 4.43. The highest BCUT2D eigenvalue weighted by Crippen LogP contribution is 2.39. The van der Waals surface area contributed by atoms with Crippen molar-refractivity contribution in [3.63, 3.8) is 0 Å². The molecule has 128 valence electrons. The van der Waals surface area contributed by atoms with Gasteiger partial charge in [0.2, 0.25) is 0 Å². The molecule has 1 atom stereocenters. The highest BCUT2D eigenvalue weighted by Gasteiger charge is 2.38. The molecule has 1 aliphatic rings. The number of nitrogens with two attached hydrogens (primary N) is 2. The van der Waals surface area contributed by atoms with Gasteiger partial charge in [-0.05, 0) is 33.6 Å². The van der Waals surface area contributed by atoms with Crippen LogP contribution in [-0.2, 0) is 5.41 Å². The van der Waals surface area contributed by atoms with Gasteiger partial charge in [0.05, 0.1) is 5.66 Å². The highest BCUT2D eigenvalue weighted by atomic mass is 15.0. The lowest BCUT2D eigenvalue weighted by molar-refractivity contribution is 0.210. The summed E-state index contributed by atoms with van der Waals surface area (Å²) in [4.78, 5) is 0. The molecule has 0 fully saturated rings. The number of rotatable bonds is 1. The first-order chi connectivity index (χ1) is 9.91. The summed E-state index contributed by atoms with van der Waals surface area (Å²) in [6.45, 7) is 13.3. The van der Waals surface area contributed by atoms with Crippen molar-refractivity contribution in [2.75, 3.05) is 0 Å². The summed E-state index contributed by atoms with van der Waals surface area (Å²) in [5, 5.41) is 0. The Balaban J connectivity index is 0.00000264. The fourth-order valence-corrected chi connectivity index (χ4v) is 3.07. The molecule has 0 amide bonds. The molecule has 0 aromatic heterocycles. The average Bonchev–Trinajstić information content (AvgIpc) is 2.36. The summed E-state index contributed by atoms with van der Waals surface area (Å²) < 4.78 is 0. The Hall–Kier alpha value is -1.38. The van der Waals surface area contributed by atoms with E-state index >= 15 is 0 Å². The van der Waals surface area contributed by atoms with Crippen LogP contribution in [0.25, 0.3) is 5.57 Å². The van der Waals surface area contributed by atoms with Gasteiger partial charge in [-0.1, -0.05) is 85.4 Å². The highest BCUT2D eigenvalue weighted by molar-refractivity contribution is 5.76. The largest absolute Gasteiger partial charge is 0.310 e. The maximum atomic E-state index is 6.29. The van der Waals surface area contributed by atoms with E-state index in [1.807, 2.05) is 6.08 Å². The molecular formula is C21H34N2. The Morgan fingerprint density at radius 1 is 1.00 bits per heavy atom. The van der Waals surface area contributed by atoms with Gasteiger partial charge in [-0.15, -0.1) is 0 Å². The van der Waals surface area contributed by atoms with Gasteiger partial charge < -0.3 is 11.5 Å². The van der Waals surface area contributed by atoms with E-state index in [4.69, 9.17) is 11.5 Å². The quantitative estimate of drug-likeness (QED) is 0.728. The van der Waals surface area contributed by atoms with Crippen LogP contribution in [-0.4, -0.2) is 5.66 Å². The molecule has 0 saturated carbocycles. The van der Waals surface area contributed by atoms with E-state index < -0.39 is 5.66 Å². The smallest absolute Gasteiger partial charge is 0.0901 e. The first-order valence-electron chi connectivity index (χ1n) is 8.01. The standard InChI is InChI=1S/C20H30N2.CH4/c1-18(2,3)16-9-7-8-14(12-16)15-10-11-20(21,22)17(13-15)19(4,5)6;/h7-13,17H,21-22H2,1-6H3;1H4. The van der Waals surface area contributed by atoms with Crippen LogP contribution < -0.4 is 11.5 Å². The van der Waals surface area contributed by atoms with Crippen molar-refractivity contribution in [2.24, 2.45) is 22.8 Å². The van der Waals surface area contributed by atoms with Gasteiger partial charge in [-0.25, -0.2) is 0 Å². The van der Waals surface area contributed by atoms with Gasteiger partial charge in [0.15, 0.2) is 0 Å². The number of benzene rings is 1. The SMILES string of the molecule is C.CC(C)(C)c1cccc(C2=CC(C(C)(C)C)C(N)(N)C=C2)c1. The van der Waals surface area contributed by atoms with Crippen molar-refractivity contribution < 1.29 is 0 Å². The number of hydrogen-bond donors (Lipinski definition) is 2. The molecule has 0 aliphatic heterocycles. The zero-order valence-corrected chi connectivity index (χ0v) is 14.8. The van der Waals surface area contributed by atoms with Crippen LogP contribution in [0.4, 0.5) is 0 Å². The van der Waals surface area contributed by atoms with E-state index in [0.717, 1.165) is 0 Å². The zero-order valence-electron chi connectivity index (χ0n) is 14.8. The minimum atomic E-state index is -0.788. The molecule has 0 spiro atoms. The molecule has 1 unspecified atom stereocenters. The number of hydrogen-bond acceptors (Lipinski definition) is 2. The van der Waals surface area contributed by atoms with E-state index in [0.29, 0.717) is 0 Å². The molecule has 1 aromatic rings. The second-order valence-electron chi connectivity index (χ2n) is 8.63. The first kappa shape index (κ1) is 19.7. The molecule has 0 saturated heterocycles. The predicted octanol–water partition coefficient (Wildman–Crippen LogP) is 4.85. The predicted molar refractivity (Wildman–Crippen MR) is 103 cm³/mol. The summed E-state index contributed by atoms with van der Waals surface area (Å²) in [7, 11) is 0. The van der Waals surface area contributed by atoms with Crippen LogP contribution in [0, 0.1) is 11.3 Å². The lowest BCUT2D eigenvalue weighted by atomic mass is 9.70. The molecule has 1 aromatic carbocycles. The second-order valence-corrected chi connectivity index (χ2v) is 8.63. The Morgan fingerprint density at radius 3 is 2.13 bits per heavy atom. The van der Waals surface area contributed by atoms with Crippen LogP contribution in [0.3, 0.4) is 0 Å². The average molecular weight is 315 g/mol. The van der Waals surface area contributed by atoms with E-state index in [-0.39, 0.29) is 24.2 Å². The van der Waals surface area contributed by atoms with Gasteiger partial charge in [-0.2, -0.15) is 0 Å². The minimum Gasteiger partial charge on any atom is -0.310 e. The molecule has 4 N–H and O–H groups in total. The molecule has 2 rings (SSSR count). The van der Waals surface area contributed by atoms with Crippen molar-refractivity contribution in [3.05, 3.63) is 53.6 Å². The van der Waals surface area contributed by atoms with Crippen molar-refractivity contribution in [2.45, 2.75) is 60.0 Å². The Morgan fingerprint density at radius 2 is 1.61 bits per heavy atom. The molecule has 0 radical (unpaired) electrons. The van der Waals surface area contributed by atoms with E-state index in [9.17, 15) is 0 Å². The first-order valence-corrected chi connectivity index (χ1v) is 8.01. The van der Waals surface area contributed by atoms with Gasteiger partial charge in [0, 0.05) is 5.92 Å². The van der Waals surface area contributed by atoms with Crippen LogP contribution in [0.1, 0.15) is 60.1 Å². The Bertz CT molecular complexity index is 607. The molecule has 0 bridgehead atoms. The van der Waals surface area contributed by atoms with E-state index in [1.54, 1.807) is 0 Å². The summed E-state index contributed by atoms with van der Waals surface area (Å²) in [5.74, 6) is 0.0956. The molecule has 1 aliphatic carbocycles. The normalized spacial score (nSPS) is 20.7. The van der Waals surface area contributed by atoms with Gasteiger partial charge in [-0.3, -0.25) is 0 Å². The lowest BCUT2D eigenvalue weighted by Crippen LogP contribution is -2.57. The second kappa shape index (κ2) is 6.26. The van der Waals surface area contributed by atoms with Gasteiger partial charge in [0.25, 0.3) is 0 Å². The van der Waals surface area contributed by atoms with Gasteiger partial charge in [0.1, 0.15) is 0 Å². The van der Waals surface area contributed by atoms with Crippen molar-refractivity contribution in [1.82, 2.24) is 0 Å². The minimum absolute atomic E-state index is 0. The Kier molecular flexibility index (Phi) is 5.35. The summed E-state index contributed by atoms with van der Waals surface area (Å²) in [6.07, 6.45) is 6.24. The fourth-order valence-electron chi connectivity index (χ4n) is 3.07. The lowest BCUT2D eigenvalue weighted by Gasteiger charge is -2.41. The summed E-state index contributed by atoms with van der Waals surface area (Å²) >= 11 is 0. The monoisotopic (exact) mass is 314 g/mol. The Labute approximate surface area is 142 Å². The van der Waals surface area contributed by atoms with Crippen molar-refractivity contribution in [3.8, 4) is 0 Å². The summed E-state index contributed by atoms with van der Waals surface area (Å²) in [5.41, 5.74) is 15.7. The molecule has 23 heavy (non-hydrogen) atoms. The molecule has 0 heterocycles. The van der Waals surface area contributed by atoms with Crippen molar-refractivity contribution in [1.29, 1.82) is 0 Å². The van der Waals surface area contributed by atoms with E-state index in [2.05, 4.69) is 78.0 Å². The van der Waals surface area contributed by atoms with Gasteiger partial charge >= 0.3 is 0 Å². The molecule has 2 heteroatoms. The topological polar surface area (TPSA) is 52.0 Å². The van der Waals surface area contributed by atoms with Crippen molar-refractivity contribution >= 4 is 5.57 Å². The third kappa shape index (κ3) is 4.33. The maximum Gasteiger partial charge on any atom is 0.0901 e. The third-order valence-electron chi connectivity index (χ3n) is 4.43. The molecule has 2 nitrogen and oxygen atoms in total.